The van der Waals surface area contributed by atoms with Gasteiger partial charge in [0.25, 0.3) is 0 Å². The predicted octanol–water partition coefficient (Wildman–Crippen LogP) is 0.418. The minimum atomic E-state index is -1.23. The topological polar surface area (TPSA) is 13.0 Å². The van der Waals surface area contributed by atoms with Gasteiger partial charge in [0, 0.05) is 28.2 Å². The van der Waals surface area contributed by atoms with Gasteiger partial charge >= 0.3 is 7.87 Å². The average Bonchev–Trinajstić information content (AvgIpc) is 2.53. The molecule has 1 spiro atoms. The van der Waals surface area contributed by atoms with Gasteiger partial charge in [0.2, 0.25) is 0 Å². The van der Waals surface area contributed by atoms with E-state index in [4.69, 9.17) is 0 Å². The summed E-state index contributed by atoms with van der Waals surface area (Å²) in [4.78, 5) is 0. The Hall–Kier alpha value is 0.270. The van der Waals surface area contributed by atoms with Gasteiger partial charge in [-0.15, -0.1) is 18.7 Å². The molecule has 0 unspecified atom stereocenters. The maximum Gasteiger partial charge on any atom is 0.307 e. The fraction of sp³-hybridized carbons (Fsp3) is 1.00. The van der Waals surface area contributed by atoms with Crippen molar-refractivity contribution in [3.8, 4) is 0 Å². The van der Waals surface area contributed by atoms with Gasteiger partial charge in [0.05, 0.1) is 26.2 Å². The lowest BCUT2D eigenvalue weighted by Gasteiger charge is -2.35. The summed E-state index contributed by atoms with van der Waals surface area (Å²) < 4.78 is 10.2. The minimum absolute atomic E-state index is 1.21. The van der Waals surface area contributed by atoms with Crippen LogP contribution in [-0.4, -0.2) is 73.1 Å². The first-order chi connectivity index (χ1) is 6.10. The Morgan fingerprint density at radius 2 is 0.846 bits per heavy atom. The van der Waals surface area contributed by atoms with E-state index >= 15 is 0 Å². The van der Waals surface area contributed by atoms with E-state index in [-0.39, 0.29) is 0 Å². The first kappa shape index (κ1) is 9.81. The van der Waals surface area contributed by atoms with E-state index in [0.29, 0.717) is 0 Å². The number of likely N-dealkylation sites (N-methyl/N-ethyl adjacent to an activating group) is 4. The van der Waals surface area contributed by atoms with E-state index in [9.17, 15) is 0 Å². The molecule has 0 aromatic heterocycles. The summed E-state index contributed by atoms with van der Waals surface area (Å²) in [6, 6.07) is 0. The monoisotopic (exact) mass is 203 g/mol. The van der Waals surface area contributed by atoms with Gasteiger partial charge in [-0.2, -0.15) is 0 Å². The van der Waals surface area contributed by atoms with Crippen molar-refractivity contribution in [2.24, 2.45) is 0 Å². The van der Waals surface area contributed by atoms with Gasteiger partial charge in [-0.05, 0) is 0 Å². The summed E-state index contributed by atoms with van der Waals surface area (Å²) in [6.45, 7) is 4.83. The Balaban J connectivity index is 2.34. The molecule has 2 aliphatic heterocycles. The van der Waals surface area contributed by atoms with Gasteiger partial charge in [0.1, 0.15) is 0 Å². The van der Waals surface area contributed by atoms with Crippen LogP contribution in [0.25, 0.3) is 0 Å². The highest BCUT2D eigenvalue weighted by molar-refractivity contribution is 7.67. The van der Waals surface area contributed by atoms with Crippen LogP contribution in [0.3, 0.4) is 0 Å². The number of hydrogen-bond donors (Lipinski definition) is 0. The summed E-state index contributed by atoms with van der Waals surface area (Å²) in [5, 5.41) is 0. The molecule has 2 aliphatic rings. The molecule has 0 saturated carbocycles. The second kappa shape index (κ2) is 3.14. The van der Waals surface area contributed by atoms with Gasteiger partial charge in [0.15, 0.2) is 0 Å². The lowest BCUT2D eigenvalue weighted by Crippen LogP contribution is -2.35. The van der Waals surface area contributed by atoms with Crippen molar-refractivity contribution in [3.63, 3.8) is 0 Å². The van der Waals surface area contributed by atoms with Crippen LogP contribution in [0, 0.1) is 0 Å². The zero-order valence-electron chi connectivity index (χ0n) is 9.06. The summed E-state index contributed by atoms with van der Waals surface area (Å²) in [6.07, 6.45) is 0. The molecular weight excluding hydrogens is 183 g/mol. The quantitative estimate of drug-likeness (QED) is 0.529. The third-order valence-corrected chi connectivity index (χ3v) is 7.79. The highest BCUT2D eigenvalue weighted by Crippen LogP contribution is 2.72. The normalized spacial score (nSPS) is 32.3. The fourth-order valence-electron chi connectivity index (χ4n) is 2.68. The molecule has 0 radical (unpaired) electrons. The van der Waals surface area contributed by atoms with Gasteiger partial charge < -0.3 is 0 Å². The number of rotatable bonds is 0. The Labute approximate surface area is 81.6 Å². The molecule has 0 aliphatic carbocycles. The fourth-order valence-corrected chi connectivity index (χ4v) is 7.24. The molecule has 0 N–H and O–H groups in total. The van der Waals surface area contributed by atoms with Crippen LogP contribution in [0.1, 0.15) is 0 Å². The third kappa shape index (κ3) is 1.10. The molecule has 0 aromatic rings. The molecule has 76 valence electrons. The Morgan fingerprint density at radius 1 is 0.615 bits per heavy atom. The summed E-state index contributed by atoms with van der Waals surface area (Å²) in [5.74, 6) is 0. The second-order valence-electron chi connectivity index (χ2n) is 4.06. The van der Waals surface area contributed by atoms with E-state index in [1.807, 2.05) is 0 Å². The molecule has 2 heterocycles. The highest BCUT2D eigenvalue weighted by Gasteiger charge is 2.63. The number of nitrogens with zero attached hydrogens (tertiary/aromatic N) is 4. The van der Waals surface area contributed by atoms with Crippen LogP contribution in [0.4, 0.5) is 0 Å². The Bertz CT molecular complexity index is 165. The van der Waals surface area contributed by atoms with Crippen LogP contribution in [0.2, 0.25) is 0 Å². The van der Waals surface area contributed by atoms with E-state index in [0.717, 1.165) is 0 Å². The van der Waals surface area contributed by atoms with Gasteiger partial charge in [-0.3, -0.25) is 0 Å². The molecule has 13 heavy (non-hydrogen) atoms. The van der Waals surface area contributed by atoms with Gasteiger partial charge in [-0.1, -0.05) is 0 Å². The zero-order valence-corrected chi connectivity index (χ0v) is 9.96. The largest absolute Gasteiger partial charge is 0.307 e. The van der Waals surface area contributed by atoms with Crippen molar-refractivity contribution in [2.75, 3.05) is 54.4 Å². The maximum atomic E-state index is 2.54. The highest BCUT2D eigenvalue weighted by atomic mass is 31.2. The summed E-state index contributed by atoms with van der Waals surface area (Å²) in [5.41, 5.74) is 0. The molecule has 0 aromatic carbocycles. The standard InChI is InChI=1S/C8H20N4P/c1-9-5-6-10(2)13(9)11(3)7-8-12(13)4/h5-8H2,1-4H3/q+1. The molecule has 4 nitrogen and oxygen atoms in total. The predicted molar refractivity (Wildman–Crippen MR) is 57.4 cm³/mol. The number of hydrogen-bond acceptors (Lipinski definition) is 4. The maximum absolute atomic E-state index is 2.54. The van der Waals surface area contributed by atoms with Crippen molar-refractivity contribution in [1.82, 2.24) is 18.7 Å². The van der Waals surface area contributed by atoms with Crippen molar-refractivity contribution in [2.45, 2.75) is 0 Å². The molecule has 0 atom stereocenters. The van der Waals surface area contributed by atoms with Crippen molar-refractivity contribution < 1.29 is 0 Å². The van der Waals surface area contributed by atoms with E-state index in [1.165, 1.54) is 26.2 Å². The molecule has 0 bridgehead atoms. The Morgan fingerprint density at radius 3 is 1.08 bits per heavy atom. The summed E-state index contributed by atoms with van der Waals surface area (Å²) >= 11 is 0. The lowest BCUT2D eigenvalue weighted by molar-refractivity contribution is 0.475. The zero-order chi connectivity index (χ0) is 9.64. The second-order valence-corrected chi connectivity index (χ2v) is 7.87. The van der Waals surface area contributed by atoms with Crippen LogP contribution < -0.4 is 0 Å². The Kier molecular flexibility index (Phi) is 2.37. The lowest BCUT2D eigenvalue weighted by atomic mass is 10.6. The smallest absolute Gasteiger partial charge is 0.135 e. The molecule has 2 rings (SSSR count). The minimum Gasteiger partial charge on any atom is -0.135 e. The van der Waals surface area contributed by atoms with E-state index in [1.54, 1.807) is 0 Å². The van der Waals surface area contributed by atoms with E-state index in [2.05, 4.69) is 46.9 Å². The molecule has 0 amide bonds. The molecule has 5 heteroatoms. The SMILES string of the molecule is CN1CCN(C)[P+]12N(C)CCN2C. The van der Waals surface area contributed by atoms with E-state index < -0.39 is 7.87 Å². The van der Waals surface area contributed by atoms with Crippen LogP contribution in [0.15, 0.2) is 0 Å². The first-order valence-electron chi connectivity index (χ1n) is 4.85. The van der Waals surface area contributed by atoms with Crippen molar-refractivity contribution in [3.05, 3.63) is 0 Å². The van der Waals surface area contributed by atoms with Crippen LogP contribution in [-0.2, 0) is 0 Å². The van der Waals surface area contributed by atoms with Crippen LogP contribution in [0.5, 0.6) is 0 Å². The van der Waals surface area contributed by atoms with Gasteiger partial charge in [-0.25, -0.2) is 0 Å². The molecular formula is C8H20N4P+. The molecule has 2 fully saturated rings. The summed E-state index contributed by atoms with van der Waals surface area (Å²) in [7, 11) is 7.81. The average molecular weight is 203 g/mol. The molecule has 2 saturated heterocycles. The third-order valence-electron chi connectivity index (χ3n) is 3.33. The van der Waals surface area contributed by atoms with Crippen LogP contribution >= 0.6 is 7.87 Å². The van der Waals surface area contributed by atoms with Crippen molar-refractivity contribution in [1.29, 1.82) is 0 Å². The van der Waals surface area contributed by atoms with Crippen molar-refractivity contribution >= 4 is 7.87 Å². The first-order valence-corrected chi connectivity index (χ1v) is 6.45.